The van der Waals surface area contributed by atoms with Crippen LogP contribution >= 0.6 is 0 Å². The lowest BCUT2D eigenvalue weighted by atomic mass is 9.90. The number of carbonyl (C=O) groups is 3. The number of methoxy groups -OCH3 is 2. The zero-order valence-electron chi connectivity index (χ0n) is 26.3. The molecule has 0 radical (unpaired) electrons. The maximum Gasteiger partial charge on any atom is 0.326 e. The number of amides is 2. The minimum Gasteiger partial charge on any atom is -0.480 e. The molecule has 2 fully saturated rings. The molecule has 1 aliphatic carbocycles. The van der Waals surface area contributed by atoms with E-state index >= 15 is 0 Å². The van der Waals surface area contributed by atoms with Crippen LogP contribution in [0.1, 0.15) is 58.1 Å². The summed E-state index contributed by atoms with van der Waals surface area (Å²) in [5.74, 6) is -0.977. The van der Waals surface area contributed by atoms with E-state index in [-0.39, 0.29) is 43.0 Å². The number of carboxylic acid groups (broad SMARTS) is 1. The Labute approximate surface area is 245 Å². The standard InChI is InChI=1S/C32H51N3O6/c1-10-19(3)28(34(6)7)26(40-8)17-27(36)35-25(16-23-20(4)29(23)35)30(41-9)21(5)31(37)33-24(32(38)39)15-22-13-11-18(2)12-14-22/h11-14,19-21,23-26,28-30H,10,15-17H2,1-9H3,(H,33,37)(H,38,39)/t19-,20?,21+,23?,24-,25?,26?,28-,29?,30+/m0/s1. The van der Waals surface area contributed by atoms with E-state index in [9.17, 15) is 19.5 Å². The van der Waals surface area contributed by atoms with Crippen molar-refractivity contribution in [2.45, 2.75) is 96.7 Å². The summed E-state index contributed by atoms with van der Waals surface area (Å²) in [6.07, 6.45) is 1.35. The molecule has 230 valence electrons. The van der Waals surface area contributed by atoms with Crippen LogP contribution in [0.25, 0.3) is 0 Å². The maximum absolute atomic E-state index is 13.9. The van der Waals surface area contributed by atoms with Crippen LogP contribution in [0.4, 0.5) is 0 Å². The first kappa shape index (κ1) is 33.0. The van der Waals surface area contributed by atoms with Gasteiger partial charge < -0.3 is 29.7 Å². The van der Waals surface area contributed by atoms with E-state index in [0.29, 0.717) is 17.8 Å². The number of carbonyl (C=O) groups excluding carboxylic acids is 2. The zero-order valence-corrected chi connectivity index (χ0v) is 26.3. The van der Waals surface area contributed by atoms with Crippen LogP contribution in [0, 0.1) is 30.6 Å². The number of ether oxygens (including phenoxy) is 2. The molecule has 1 aromatic carbocycles. The number of hydrogen-bond acceptors (Lipinski definition) is 6. The minimum atomic E-state index is -1.09. The van der Waals surface area contributed by atoms with Crippen molar-refractivity contribution >= 4 is 17.8 Å². The highest BCUT2D eigenvalue weighted by Crippen LogP contribution is 2.54. The third-order valence-electron chi connectivity index (χ3n) is 9.61. The number of piperidine rings is 1. The molecular formula is C32H51N3O6. The van der Waals surface area contributed by atoms with Crippen molar-refractivity contribution in [3.8, 4) is 0 Å². The zero-order chi connectivity index (χ0) is 30.6. The summed E-state index contributed by atoms with van der Waals surface area (Å²) in [6, 6.07) is 6.50. The summed E-state index contributed by atoms with van der Waals surface area (Å²) < 4.78 is 11.8. The van der Waals surface area contributed by atoms with Crippen LogP contribution in [0.15, 0.2) is 24.3 Å². The molecule has 3 rings (SSSR count). The second kappa shape index (κ2) is 14.1. The van der Waals surface area contributed by atoms with Crippen LogP contribution in [-0.4, -0.2) is 97.4 Å². The second-order valence-corrected chi connectivity index (χ2v) is 12.5. The molecule has 1 saturated carbocycles. The number of benzene rings is 1. The molecule has 41 heavy (non-hydrogen) atoms. The first-order chi connectivity index (χ1) is 19.4. The van der Waals surface area contributed by atoms with E-state index in [0.717, 1.165) is 24.0 Å². The fourth-order valence-electron chi connectivity index (χ4n) is 6.97. The van der Waals surface area contributed by atoms with E-state index < -0.39 is 29.9 Å². The Balaban J connectivity index is 1.75. The number of aliphatic carboxylic acids is 1. The SMILES string of the molecule is CC[C@H](C)[C@@H](C(CC(=O)N1C2C(C)C2CC1[C@H](OC)[C@@H](C)C(=O)N[C@@H](Cc1ccc(C)cc1)C(=O)O)OC)N(C)C. The molecule has 5 unspecified atom stereocenters. The van der Waals surface area contributed by atoms with Crippen molar-refractivity contribution in [2.75, 3.05) is 28.3 Å². The van der Waals surface area contributed by atoms with Gasteiger partial charge in [-0.25, -0.2) is 4.79 Å². The Morgan fingerprint density at radius 3 is 2.27 bits per heavy atom. The maximum atomic E-state index is 13.9. The normalized spacial score (nSPS) is 26.0. The number of fused-ring (bicyclic) bond motifs is 1. The van der Waals surface area contributed by atoms with E-state index in [2.05, 4.69) is 31.0 Å². The lowest BCUT2D eigenvalue weighted by molar-refractivity contribution is -0.146. The van der Waals surface area contributed by atoms with Crippen LogP contribution in [-0.2, 0) is 30.3 Å². The van der Waals surface area contributed by atoms with Gasteiger partial charge in [-0.1, -0.05) is 63.9 Å². The number of likely N-dealkylation sites (tertiary alicyclic amines) is 1. The Kier molecular flexibility index (Phi) is 11.4. The molecule has 0 aromatic heterocycles. The highest BCUT2D eigenvalue weighted by atomic mass is 16.5. The summed E-state index contributed by atoms with van der Waals surface area (Å²) in [4.78, 5) is 43.5. The molecule has 2 N–H and O–H groups in total. The molecule has 0 bridgehead atoms. The van der Waals surface area contributed by atoms with Gasteiger partial charge in [-0.2, -0.15) is 0 Å². The number of aryl methyl sites for hydroxylation is 1. The quantitative estimate of drug-likeness (QED) is 0.331. The number of carboxylic acids is 1. The number of nitrogens with zero attached hydrogens (tertiary/aromatic N) is 2. The van der Waals surface area contributed by atoms with Gasteiger partial charge in [0.05, 0.1) is 30.6 Å². The van der Waals surface area contributed by atoms with Gasteiger partial charge in [-0.3, -0.25) is 9.59 Å². The second-order valence-electron chi connectivity index (χ2n) is 12.5. The van der Waals surface area contributed by atoms with Crippen molar-refractivity contribution in [1.82, 2.24) is 15.1 Å². The van der Waals surface area contributed by atoms with E-state index in [1.165, 1.54) is 0 Å². The predicted molar refractivity (Wildman–Crippen MR) is 158 cm³/mol. The smallest absolute Gasteiger partial charge is 0.326 e. The molecular weight excluding hydrogens is 522 g/mol. The molecule has 10 atom stereocenters. The summed E-state index contributed by atoms with van der Waals surface area (Å²) in [6.45, 7) is 10.2. The summed E-state index contributed by atoms with van der Waals surface area (Å²) in [5, 5.41) is 12.6. The molecule has 1 aliphatic heterocycles. The van der Waals surface area contributed by atoms with E-state index in [1.807, 2.05) is 50.2 Å². The van der Waals surface area contributed by atoms with Crippen LogP contribution in [0.3, 0.4) is 0 Å². The third kappa shape index (κ3) is 7.48. The molecule has 1 heterocycles. The minimum absolute atomic E-state index is 0.0197. The van der Waals surface area contributed by atoms with E-state index in [1.54, 1.807) is 21.1 Å². The van der Waals surface area contributed by atoms with Gasteiger partial charge in [0.1, 0.15) is 6.04 Å². The number of rotatable bonds is 15. The van der Waals surface area contributed by atoms with Crippen molar-refractivity contribution in [3.05, 3.63) is 35.4 Å². The molecule has 1 saturated heterocycles. The fraction of sp³-hybridized carbons (Fsp3) is 0.719. The Hall–Kier alpha value is -2.49. The summed E-state index contributed by atoms with van der Waals surface area (Å²) in [5.41, 5.74) is 1.92. The van der Waals surface area contributed by atoms with Gasteiger partial charge in [-0.05, 0) is 50.8 Å². The van der Waals surface area contributed by atoms with Gasteiger partial charge in [-0.15, -0.1) is 0 Å². The molecule has 2 amide bonds. The average molecular weight is 574 g/mol. The molecule has 9 nitrogen and oxygen atoms in total. The van der Waals surface area contributed by atoms with Crippen LogP contribution < -0.4 is 5.32 Å². The number of nitrogens with one attached hydrogen (secondary N) is 1. The Morgan fingerprint density at radius 2 is 1.76 bits per heavy atom. The van der Waals surface area contributed by atoms with Gasteiger partial charge in [0.2, 0.25) is 11.8 Å². The van der Waals surface area contributed by atoms with Crippen molar-refractivity contribution in [2.24, 2.45) is 23.7 Å². The lowest BCUT2D eigenvalue weighted by Crippen LogP contribution is -2.54. The Bertz CT molecular complexity index is 1050. The summed E-state index contributed by atoms with van der Waals surface area (Å²) in [7, 11) is 7.28. The highest BCUT2D eigenvalue weighted by molar-refractivity contribution is 5.85. The summed E-state index contributed by atoms with van der Waals surface area (Å²) >= 11 is 0. The number of likely N-dealkylation sites (N-methyl/N-ethyl adjacent to an activating group) is 1. The topological polar surface area (TPSA) is 108 Å². The highest BCUT2D eigenvalue weighted by Gasteiger charge is 2.62. The van der Waals surface area contributed by atoms with Gasteiger partial charge in [0, 0.05) is 32.7 Å². The molecule has 9 heteroatoms. The Morgan fingerprint density at radius 1 is 1.12 bits per heavy atom. The number of hydrogen-bond donors (Lipinski definition) is 2. The monoisotopic (exact) mass is 573 g/mol. The largest absolute Gasteiger partial charge is 0.480 e. The fourth-order valence-corrected chi connectivity index (χ4v) is 6.97. The lowest BCUT2D eigenvalue weighted by Gasteiger charge is -2.39. The molecule has 0 spiro atoms. The van der Waals surface area contributed by atoms with Gasteiger partial charge in [0.25, 0.3) is 0 Å². The predicted octanol–water partition coefficient (Wildman–Crippen LogP) is 3.37. The van der Waals surface area contributed by atoms with Crippen LogP contribution in [0.5, 0.6) is 0 Å². The van der Waals surface area contributed by atoms with Crippen molar-refractivity contribution in [1.29, 1.82) is 0 Å². The van der Waals surface area contributed by atoms with Gasteiger partial charge in [0.15, 0.2) is 0 Å². The van der Waals surface area contributed by atoms with Crippen molar-refractivity contribution < 1.29 is 29.0 Å². The van der Waals surface area contributed by atoms with E-state index in [4.69, 9.17) is 9.47 Å². The third-order valence-corrected chi connectivity index (χ3v) is 9.61. The van der Waals surface area contributed by atoms with Crippen LogP contribution in [0.2, 0.25) is 0 Å². The average Bonchev–Trinajstić information content (AvgIpc) is 3.36. The van der Waals surface area contributed by atoms with Gasteiger partial charge >= 0.3 is 5.97 Å². The molecule has 2 aliphatic rings. The molecule has 1 aromatic rings. The first-order valence-electron chi connectivity index (χ1n) is 15.0. The first-order valence-corrected chi connectivity index (χ1v) is 15.0. The van der Waals surface area contributed by atoms with Crippen molar-refractivity contribution in [3.63, 3.8) is 0 Å².